The van der Waals surface area contributed by atoms with E-state index >= 15 is 0 Å². The van der Waals surface area contributed by atoms with Crippen LogP contribution in [-0.2, 0) is 14.8 Å². The second kappa shape index (κ2) is 4.95. The molecule has 0 aromatic heterocycles. The van der Waals surface area contributed by atoms with Gasteiger partial charge in [0.2, 0.25) is 10.0 Å². The van der Waals surface area contributed by atoms with E-state index in [0.717, 1.165) is 12.8 Å². The Balaban J connectivity index is 2.22. The smallest absolute Gasteiger partial charge is 0.322 e. The number of sulfonamides is 1. The molecule has 1 aliphatic rings. The lowest BCUT2D eigenvalue weighted by atomic mass is 10.3. The molecule has 0 radical (unpaired) electrons. The van der Waals surface area contributed by atoms with Crippen LogP contribution in [-0.4, -0.2) is 32.1 Å². The normalized spacial score (nSPS) is 15.3. The first-order valence-corrected chi connectivity index (χ1v) is 7.04. The van der Waals surface area contributed by atoms with Gasteiger partial charge in [0, 0.05) is 6.04 Å². The average Bonchev–Trinajstić information content (AvgIpc) is 3.10. The van der Waals surface area contributed by atoms with Crippen molar-refractivity contribution in [3.63, 3.8) is 0 Å². The highest BCUT2D eigenvalue weighted by Crippen LogP contribution is 2.25. The second-order valence-corrected chi connectivity index (χ2v) is 5.82. The molecule has 18 heavy (non-hydrogen) atoms. The molecule has 1 aromatic rings. The Hall–Kier alpha value is -1.60. The number of hydrogen-bond acceptors (Lipinski definition) is 4. The van der Waals surface area contributed by atoms with Gasteiger partial charge in [0.05, 0.1) is 5.69 Å². The van der Waals surface area contributed by atoms with Crippen molar-refractivity contribution in [2.24, 2.45) is 0 Å². The number of nitrogens with one attached hydrogen (secondary N) is 2. The maximum atomic E-state index is 12.0. The standard InChI is InChI=1S/C11H14N2O4S/c14-11(15)7-12-9-3-1-2-4-10(9)18(16,17)13-8-5-6-8/h1-4,8,12-13H,5-7H2,(H,14,15). The van der Waals surface area contributed by atoms with Crippen molar-refractivity contribution in [2.75, 3.05) is 11.9 Å². The van der Waals surface area contributed by atoms with Gasteiger partial charge in [0.1, 0.15) is 11.4 Å². The topological polar surface area (TPSA) is 95.5 Å². The van der Waals surface area contributed by atoms with Gasteiger partial charge in [-0.1, -0.05) is 12.1 Å². The Morgan fingerprint density at radius 2 is 2.00 bits per heavy atom. The summed E-state index contributed by atoms with van der Waals surface area (Å²) in [7, 11) is -3.58. The number of carboxylic acids is 1. The van der Waals surface area contributed by atoms with Crippen molar-refractivity contribution >= 4 is 21.7 Å². The Kier molecular flexibility index (Phi) is 3.53. The molecule has 0 bridgehead atoms. The zero-order valence-electron chi connectivity index (χ0n) is 9.59. The van der Waals surface area contributed by atoms with Crippen LogP contribution in [0.5, 0.6) is 0 Å². The number of anilines is 1. The molecule has 1 aromatic carbocycles. The summed E-state index contributed by atoms with van der Waals surface area (Å²) >= 11 is 0. The molecular weight excluding hydrogens is 256 g/mol. The lowest BCUT2D eigenvalue weighted by Crippen LogP contribution is -2.27. The highest BCUT2D eigenvalue weighted by molar-refractivity contribution is 7.89. The van der Waals surface area contributed by atoms with Crippen LogP contribution in [0.4, 0.5) is 5.69 Å². The number of aliphatic carboxylic acids is 1. The van der Waals surface area contributed by atoms with E-state index in [1.807, 2.05) is 0 Å². The molecule has 6 nitrogen and oxygen atoms in total. The molecular formula is C11H14N2O4S. The lowest BCUT2D eigenvalue weighted by molar-refractivity contribution is -0.134. The van der Waals surface area contributed by atoms with Crippen LogP contribution < -0.4 is 10.0 Å². The van der Waals surface area contributed by atoms with Gasteiger partial charge in [-0.2, -0.15) is 0 Å². The molecule has 2 rings (SSSR count). The largest absolute Gasteiger partial charge is 0.480 e. The highest BCUT2D eigenvalue weighted by Gasteiger charge is 2.29. The summed E-state index contributed by atoms with van der Waals surface area (Å²) in [6.07, 6.45) is 1.70. The number of benzene rings is 1. The molecule has 0 saturated heterocycles. The Morgan fingerprint density at radius 3 is 2.61 bits per heavy atom. The summed E-state index contributed by atoms with van der Waals surface area (Å²) < 4.78 is 26.7. The predicted molar refractivity (Wildman–Crippen MR) is 65.9 cm³/mol. The van der Waals surface area contributed by atoms with Gasteiger partial charge in [-0.3, -0.25) is 4.79 Å². The summed E-state index contributed by atoms with van der Waals surface area (Å²) in [5.74, 6) is -1.04. The van der Waals surface area contributed by atoms with E-state index in [1.165, 1.54) is 6.07 Å². The first-order chi connectivity index (χ1) is 8.49. The van der Waals surface area contributed by atoms with Gasteiger partial charge in [-0.25, -0.2) is 13.1 Å². The predicted octanol–water partition coefficient (Wildman–Crippen LogP) is 0.624. The zero-order valence-corrected chi connectivity index (χ0v) is 10.4. The maximum Gasteiger partial charge on any atom is 0.322 e. The summed E-state index contributed by atoms with van der Waals surface area (Å²) in [5.41, 5.74) is 0.299. The minimum absolute atomic E-state index is 0.0162. The molecule has 3 N–H and O–H groups in total. The first kappa shape index (κ1) is 12.8. The Labute approximate surface area is 105 Å². The summed E-state index contributed by atoms with van der Waals surface area (Å²) in [6.45, 7) is -0.323. The summed E-state index contributed by atoms with van der Waals surface area (Å²) in [4.78, 5) is 10.6. The third kappa shape index (κ3) is 3.21. The van der Waals surface area contributed by atoms with E-state index in [0.29, 0.717) is 5.69 Å². The SMILES string of the molecule is O=C(O)CNc1ccccc1S(=O)(=O)NC1CC1. The Morgan fingerprint density at radius 1 is 1.33 bits per heavy atom. The lowest BCUT2D eigenvalue weighted by Gasteiger charge is -2.11. The summed E-state index contributed by atoms with van der Waals surface area (Å²) in [5, 5.41) is 11.2. The van der Waals surface area contributed by atoms with Crippen molar-refractivity contribution in [1.82, 2.24) is 4.72 Å². The number of para-hydroxylation sites is 1. The van der Waals surface area contributed by atoms with Gasteiger partial charge in [-0.05, 0) is 25.0 Å². The van der Waals surface area contributed by atoms with Crippen LogP contribution >= 0.6 is 0 Å². The molecule has 7 heteroatoms. The molecule has 0 aliphatic heterocycles. The van der Waals surface area contributed by atoms with Gasteiger partial charge in [-0.15, -0.1) is 0 Å². The molecule has 0 atom stereocenters. The van der Waals surface area contributed by atoms with Crippen LogP contribution in [0.15, 0.2) is 29.2 Å². The summed E-state index contributed by atoms with van der Waals surface area (Å²) in [6, 6.07) is 6.27. The van der Waals surface area contributed by atoms with Crippen molar-refractivity contribution in [3.8, 4) is 0 Å². The van der Waals surface area contributed by atoms with Gasteiger partial charge < -0.3 is 10.4 Å². The van der Waals surface area contributed by atoms with E-state index < -0.39 is 16.0 Å². The third-order valence-corrected chi connectivity index (χ3v) is 4.08. The minimum atomic E-state index is -3.58. The van der Waals surface area contributed by atoms with Crippen molar-refractivity contribution < 1.29 is 18.3 Å². The van der Waals surface area contributed by atoms with Crippen LogP contribution in [0.2, 0.25) is 0 Å². The van der Waals surface area contributed by atoms with Gasteiger partial charge in [0.25, 0.3) is 0 Å². The maximum absolute atomic E-state index is 12.0. The van der Waals surface area contributed by atoms with Crippen molar-refractivity contribution in [1.29, 1.82) is 0 Å². The van der Waals surface area contributed by atoms with E-state index in [4.69, 9.17) is 5.11 Å². The van der Waals surface area contributed by atoms with Gasteiger partial charge in [0.15, 0.2) is 0 Å². The fourth-order valence-corrected chi connectivity index (χ4v) is 2.99. The van der Waals surface area contributed by atoms with Crippen LogP contribution in [0.25, 0.3) is 0 Å². The van der Waals surface area contributed by atoms with E-state index in [9.17, 15) is 13.2 Å². The fourth-order valence-electron chi connectivity index (χ4n) is 1.50. The monoisotopic (exact) mass is 270 g/mol. The molecule has 0 unspecified atom stereocenters. The van der Waals surface area contributed by atoms with Crippen molar-refractivity contribution in [3.05, 3.63) is 24.3 Å². The first-order valence-electron chi connectivity index (χ1n) is 5.56. The van der Waals surface area contributed by atoms with E-state index in [-0.39, 0.29) is 17.5 Å². The fraction of sp³-hybridized carbons (Fsp3) is 0.364. The molecule has 98 valence electrons. The zero-order chi connectivity index (χ0) is 13.2. The van der Waals surface area contributed by atoms with Crippen molar-refractivity contribution in [2.45, 2.75) is 23.8 Å². The quantitative estimate of drug-likeness (QED) is 0.704. The minimum Gasteiger partial charge on any atom is -0.480 e. The number of hydrogen-bond donors (Lipinski definition) is 3. The molecule has 1 aliphatic carbocycles. The molecule has 0 amide bonds. The van der Waals surface area contributed by atoms with E-state index in [1.54, 1.807) is 18.2 Å². The van der Waals surface area contributed by atoms with Crippen LogP contribution in [0, 0.1) is 0 Å². The molecule has 1 saturated carbocycles. The third-order valence-electron chi connectivity index (χ3n) is 2.51. The molecule has 0 spiro atoms. The molecule has 1 fully saturated rings. The number of rotatable bonds is 6. The molecule has 0 heterocycles. The van der Waals surface area contributed by atoms with Gasteiger partial charge >= 0.3 is 5.97 Å². The van der Waals surface area contributed by atoms with E-state index in [2.05, 4.69) is 10.0 Å². The Bertz CT molecular complexity index is 552. The average molecular weight is 270 g/mol. The highest BCUT2D eigenvalue weighted by atomic mass is 32.2. The van der Waals surface area contributed by atoms with Crippen LogP contribution in [0.1, 0.15) is 12.8 Å². The van der Waals surface area contributed by atoms with Crippen LogP contribution in [0.3, 0.4) is 0 Å². The second-order valence-electron chi connectivity index (χ2n) is 4.14. The number of carboxylic acid groups (broad SMARTS) is 1. The number of carbonyl (C=O) groups is 1.